The Labute approximate surface area is 131 Å². The Morgan fingerprint density at radius 1 is 1.29 bits per heavy atom. The van der Waals surface area contributed by atoms with Crippen LogP contribution in [0.5, 0.6) is 5.75 Å². The fraction of sp³-hybridized carbons (Fsp3) is 0.647. The van der Waals surface area contributed by atoms with Gasteiger partial charge in [0.1, 0.15) is 11.9 Å². The summed E-state index contributed by atoms with van der Waals surface area (Å²) in [7, 11) is 0. The molecule has 3 rings (SSSR count). The number of halogens is 1. The van der Waals surface area contributed by atoms with Crippen molar-refractivity contribution in [1.29, 1.82) is 0 Å². The predicted molar refractivity (Wildman–Crippen MR) is 84.8 cm³/mol. The summed E-state index contributed by atoms with van der Waals surface area (Å²) >= 11 is 6.02. The summed E-state index contributed by atoms with van der Waals surface area (Å²) in [4.78, 5) is 0. The molecule has 1 atom stereocenters. The quantitative estimate of drug-likeness (QED) is 0.915. The summed E-state index contributed by atoms with van der Waals surface area (Å²) in [5, 5.41) is 0.707. The smallest absolute Gasteiger partial charge is 0.124 e. The highest BCUT2D eigenvalue weighted by Crippen LogP contribution is 2.40. The number of nitrogens with two attached hydrogens (primary N) is 1. The maximum Gasteiger partial charge on any atom is 0.124 e. The van der Waals surface area contributed by atoms with E-state index in [-0.39, 0.29) is 11.7 Å². The van der Waals surface area contributed by atoms with Gasteiger partial charge in [-0.3, -0.25) is 0 Å². The first-order chi connectivity index (χ1) is 10.2. The summed E-state index contributed by atoms with van der Waals surface area (Å²) in [6.07, 6.45) is 8.43. The molecule has 3 nitrogen and oxygen atoms in total. The number of hydrogen-bond donors (Lipinski definition) is 1. The summed E-state index contributed by atoms with van der Waals surface area (Å²) in [5.74, 6) is 0.875. The number of hydrogen-bond acceptors (Lipinski definition) is 3. The molecule has 2 aliphatic rings. The van der Waals surface area contributed by atoms with Crippen LogP contribution in [0.25, 0.3) is 0 Å². The van der Waals surface area contributed by atoms with Gasteiger partial charge in [-0.05, 0) is 31.0 Å². The van der Waals surface area contributed by atoms with Crippen LogP contribution >= 0.6 is 11.6 Å². The first-order valence-electron chi connectivity index (χ1n) is 8.00. The van der Waals surface area contributed by atoms with Crippen LogP contribution in [0, 0.1) is 0 Å². The molecule has 21 heavy (non-hydrogen) atoms. The minimum atomic E-state index is 0.0659. The molecular weight excluding hydrogens is 286 g/mol. The lowest BCUT2D eigenvalue weighted by atomic mass is 9.79. The van der Waals surface area contributed by atoms with Gasteiger partial charge in [0.25, 0.3) is 0 Å². The highest BCUT2D eigenvalue weighted by atomic mass is 35.5. The number of ether oxygens (including phenoxy) is 2. The SMILES string of the molecule is NCc1cc(Cl)ccc1OC1CCOC2(CCCCC2)C1. The van der Waals surface area contributed by atoms with Gasteiger partial charge in [0.05, 0.1) is 12.2 Å². The third-order valence-corrected chi connectivity index (χ3v) is 4.98. The van der Waals surface area contributed by atoms with Gasteiger partial charge in [0.2, 0.25) is 0 Å². The second-order valence-corrected chi connectivity index (χ2v) is 6.72. The minimum absolute atomic E-state index is 0.0659. The molecular formula is C17H24ClNO2. The highest BCUT2D eigenvalue weighted by molar-refractivity contribution is 6.30. The molecule has 1 aromatic rings. The van der Waals surface area contributed by atoms with Crippen LogP contribution < -0.4 is 10.5 Å². The van der Waals surface area contributed by atoms with E-state index in [0.29, 0.717) is 11.6 Å². The molecule has 0 radical (unpaired) electrons. The second kappa shape index (κ2) is 6.55. The Balaban J connectivity index is 1.70. The molecule has 1 aliphatic heterocycles. The van der Waals surface area contributed by atoms with Crippen molar-refractivity contribution in [3.8, 4) is 5.75 Å². The average Bonchev–Trinajstić information content (AvgIpc) is 2.50. The predicted octanol–water partition coefficient (Wildman–Crippen LogP) is 4.06. The molecule has 0 amide bonds. The normalized spacial score (nSPS) is 25.0. The van der Waals surface area contributed by atoms with E-state index in [0.717, 1.165) is 30.8 Å². The number of rotatable bonds is 3. The van der Waals surface area contributed by atoms with Gasteiger partial charge >= 0.3 is 0 Å². The topological polar surface area (TPSA) is 44.5 Å². The van der Waals surface area contributed by atoms with Crippen LogP contribution in [-0.2, 0) is 11.3 Å². The van der Waals surface area contributed by atoms with Crippen LogP contribution in [0.2, 0.25) is 5.02 Å². The van der Waals surface area contributed by atoms with Gasteiger partial charge in [0.15, 0.2) is 0 Å². The molecule has 116 valence electrons. The standard InChI is InChI=1S/C17H24ClNO2/c18-14-4-5-16(13(10-14)12-19)21-15-6-9-20-17(11-15)7-2-1-3-8-17/h4-5,10,15H,1-3,6-9,11-12,19H2. The van der Waals surface area contributed by atoms with Crippen LogP contribution in [-0.4, -0.2) is 18.3 Å². The largest absolute Gasteiger partial charge is 0.490 e. The van der Waals surface area contributed by atoms with Crippen molar-refractivity contribution in [2.24, 2.45) is 5.73 Å². The van der Waals surface area contributed by atoms with E-state index in [2.05, 4.69) is 0 Å². The number of benzene rings is 1. The maximum atomic E-state index is 6.24. The molecule has 4 heteroatoms. The first kappa shape index (κ1) is 15.1. The molecule has 0 aromatic heterocycles. The Hall–Kier alpha value is -0.770. The molecule has 0 bridgehead atoms. The van der Waals surface area contributed by atoms with Crippen LogP contribution in [0.15, 0.2) is 18.2 Å². The zero-order valence-corrected chi connectivity index (χ0v) is 13.2. The lowest BCUT2D eigenvalue weighted by molar-refractivity contribution is -0.129. The molecule has 2 fully saturated rings. The lowest BCUT2D eigenvalue weighted by Crippen LogP contribution is -2.45. The zero-order chi connectivity index (χ0) is 14.7. The fourth-order valence-corrected chi connectivity index (χ4v) is 3.82. The van der Waals surface area contributed by atoms with Crippen molar-refractivity contribution in [1.82, 2.24) is 0 Å². The third-order valence-electron chi connectivity index (χ3n) is 4.75. The second-order valence-electron chi connectivity index (χ2n) is 6.28. The van der Waals surface area contributed by atoms with Gasteiger partial charge in [-0.25, -0.2) is 0 Å². The summed E-state index contributed by atoms with van der Waals surface area (Å²) in [6.45, 7) is 1.25. The molecule has 1 unspecified atom stereocenters. The van der Waals surface area contributed by atoms with E-state index in [9.17, 15) is 0 Å². The van der Waals surface area contributed by atoms with Crippen molar-refractivity contribution in [3.63, 3.8) is 0 Å². The Morgan fingerprint density at radius 3 is 2.86 bits per heavy atom. The van der Waals surface area contributed by atoms with E-state index in [1.165, 1.54) is 32.1 Å². The van der Waals surface area contributed by atoms with Gasteiger partial charge in [0, 0.05) is 30.0 Å². The van der Waals surface area contributed by atoms with Crippen LogP contribution in [0.4, 0.5) is 0 Å². The van der Waals surface area contributed by atoms with Crippen molar-refractivity contribution in [2.75, 3.05) is 6.61 Å². The Bertz CT molecular complexity index is 480. The molecule has 2 N–H and O–H groups in total. The Morgan fingerprint density at radius 2 is 2.10 bits per heavy atom. The molecule has 1 saturated heterocycles. The summed E-state index contributed by atoms with van der Waals surface area (Å²) in [6, 6.07) is 5.70. The molecule has 1 aliphatic carbocycles. The fourth-order valence-electron chi connectivity index (χ4n) is 3.63. The summed E-state index contributed by atoms with van der Waals surface area (Å²) < 4.78 is 12.4. The monoisotopic (exact) mass is 309 g/mol. The van der Waals surface area contributed by atoms with E-state index < -0.39 is 0 Å². The van der Waals surface area contributed by atoms with E-state index in [1.54, 1.807) is 0 Å². The van der Waals surface area contributed by atoms with E-state index >= 15 is 0 Å². The molecule has 1 spiro atoms. The highest BCUT2D eigenvalue weighted by Gasteiger charge is 2.39. The average molecular weight is 310 g/mol. The molecule has 1 heterocycles. The van der Waals surface area contributed by atoms with Gasteiger partial charge in [-0.2, -0.15) is 0 Å². The van der Waals surface area contributed by atoms with Gasteiger partial charge < -0.3 is 15.2 Å². The van der Waals surface area contributed by atoms with Crippen LogP contribution in [0.1, 0.15) is 50.5 Å². The van der Waals surface area contributed by atoms with Gasteiger partial charge in [-0.1, -0.05) is 30.9 Å². The lowest BCUT2D eigenvalue weighted by Gasteiger charge is -2.43. The van der Waals surface area contributed by atoms with Crippen molar-refractivity contribution < 1.29 is 9.47 Å². The van der Waals surface area contributed by atoms with Crippen molar-refractivity contribution in [2.45, 2.75) is 63.2 Å². The van der Waals surface area contributed by atoms with E-state index in [1.807, 2.05) is 18.2 Å². The van der Waals surface area contributed by atoms with Crippen molar-refractivity contribution >= 4 is 11.6 Å². The third kappa shape index (κ3) is 3.53. The molecule has 1 aromatic carbocycles. The summed E-state index contributed by atoms with van der Waals surface area (Å²) in [5.41, 5.74) is 6.84. The Kier molecular flexibility index (Phi) is 4.72. The first-order valence-corrected chi connectivity index (χ1v) is 8.38. The molecule has 1 saturated carbocycles. The zero-order valence-electron chi connectivity index (χ0n) is 12.4. The van der Waals surface area contributed by atoms with Crippen molar-refractivity contribution in [3.05, 3.63) is 28.8 Å². The van der Waals surface area contributed by atoms with Gasteiger partial charge in [-0.15, -0.1) is 0 Å². The van der Waals surface area contributed by atoms with E-state index in [4.69, 9.17) is 26.8 Å². The van der Waals surface area contributed by atoms with Crippen LogP contribution in [0.3, 0.4) is 0 Å². The maximum absolute atomic E-state index is 6.24. The minimum Gasteiger partial charge on any atom is -0.490 e.